The second-order valence-corrected chi connectivity index (χ2v) is 4.66. The van der Waals surface area contributed by atoms with Gasteiger partial charge in [-0.05, 0) is 17.7 Å². The van der Waals surface area contributed by atoms with E-state index >= 15 is 0 Å². The molecule has 0 saturated carbocycles. The van der Waals surface area contributed by atoms with E-state index in [0.29, 0.717) is 19.4 Å². The molecule has 0 atom stereocenters. The monoisotopic (exact) mass is 257 g/mol. The van der Waals surface area contributed by atoms with Crippen LogP contribution >= 0.6 is 0 Å². The molecule has 3 rings (SSSR count). The first-order chi connectivity index (χ1) is 9.24. The number of likely N-dealkylation sites (tertiary alicyclic amines) is 1. The zero-order valence-corrected chi connectivity index (χ0v) is 10.5. The second kappa shape index (κ2) is 4.76. The van der Waals surface area contributed by atoms with Crippen molar-refractivity contribution >= 4 is 23.6 Å². The van der Waals surface area contributed by atoms with Crippen molar-refractivity contribution in [3.63, 3.8) is 0 Å². The van der Waals surface area contributed by atoms with Crippen molar-refractivity contribution in [3.8, 4) is 0 Å². The maximum absolute atomic E-state index is 11.5. The molecule has 0 aliphatic carbocycles. The van der Waals surface area contributed by atoms with Gasteiger partial charge in [0.15, 0.2) is 0 Å². The Morgan fingerprint density at radius 3 is 2.68 bits per heavy atom. The maximum Gasteiger partial charge on any atom is 0.231 e. The van der Waals surface area contributed by atoms with Crippen molar-refractivity contribution in [1.82, 2.24) is 10.2 Å². The summed E-state index contributed by atoms with van der Waals surface area (Å²) in [7, 11) is 0. The molecule has 2 amide bonds. The minimum absolute atomic E-state index is 0.0951. The molecule has 2 aliphatic heterocycles. The summed E-state index contributed by atoms with van der Waals surface area (Å²) in [6.45, 7) is 0.931. The molecule has 2 heterocycles. The Balaban J connectivity index is 1.67. The molecule has 19 heavy (non-hydrogen) atoms. The van der Waals surface area contributed by atoms with Gasteiger partial charge >= 0.3 is 0 Å². The van der Waals surface area contributed by atoms with Crippen LogP contribution in [0.3, 0.4) is 0 Å². The van der Waals surface area contributed by atoms with Gasteiger partial charge in [0.05, 0.1) is 13.2 Å². The SMILES string of the molecule is O=C1CCC(=O)N1CNC1=Cc2ccccc2NC1. The van der Waals surface area contributed by atoms with Gasteiger partial charge in [-0.15, -0.1) is 0 Å². The van der Waals surface area contributed by atoms with Gasteiger partial charge in [-0.2, -0.15) is 0 Å². The molecule has 98 valence electrons. The molecule has 0 bridgehead atoms. The minimum atomic E-state index is -0.0951. The first kappa shape index (κ1) is 11.8. The molecule has 0 unspecified atom stereocenters. The number of hydrogen-bond donors (Lipinski definition) is 2. The molecular formula is C14H15N3O2. The van der Waals surface area contributed by atoms with E-state index in [9.17, 15) is 9.59 Å². The van der Waals surface area contributed by atoms with Gasteiger partial charge in [0, 0.05) is 24.2 Å². The lowest BCUT2D eigenvalue weighted by atomic mass is 10.1. The highest BCUT2D eigenvalue weighted by atomic mass is 16.2. The van der Waals surface area contributed by atoms with E-state index in [-0.39, 0.29) is 18.5 Å². The number of rotatable bonds is 3. The molecule has 2 aliphatic rings. The van der Waals surface area contributed by atoms with Crippen LogP contribution in [0.15, 0.2) is 30.0 Å². The topological polar surface area (TPSA) is 61.4 Å². The van der Waals surface area contributed by atoms with Crippen molar-refractivity contribution in [2.75, 3.05) is 18.5 Å². The molecule has 2 N–H and O–H groups in total. The van der Waals surface area contributed by atoms with Crippen molar-refractivity contribution in [3.05, 3.63) is 35.5 Å². The summed E-state index contributed by atoms with van der Waals surface area (Å²) in [6, 6.07) is 8.01. The first-order valence-electron chi connectivity index (χ1n) is 6.34. The number of para-hydroxylation sites is 1. The van der Waals surface area contributed by atoms with E-state index in [1.165, 1.54) is 4.90 Å². The van der Waals surface area contributed by atoms with Crippen LogP contribution in [0.2, 0.25) is 0 Å². The number of carbonyl (C=O) groups excluding carboxylic acids is 2. The van der Waals surface area contributed by atoms with E-state index in [1.54, 1.807) is 0 Å². The molecule has 1 saturated heterocycles. The fourth-order valence-corrected chi connectivity index (χ4v) is 2.31. The molecular weight excluding hydrogens is 242 g/mol. The molecule has 0 radical (unpaired) electrons. The maximum atomic E-state index is 11.5. The minimum Gasteiger partial charge on any atom is -0.379 e. The van der Waals surface area contributed by atoms with Gasteiger partial charge in [-0.25, -0.2) is 0 Å². The van der Waals surface area contributed by atoms with Gasteiger partial charge in [0.1, 0.15) is 0 Å². The molecule has 5 heteroatoms. The summed E-state index contributed by atoms with van der Waals surface area (Å²) in [5.74, 6) is -0.190. The molecule has 1 fully saturated rings. The molecule has 5 nitrogen and oxygen atoms in total. The average Bonchev–Trinajstić information content (AvgIpc) is 2.76. The number of nitrogens with one attached hydrogen (secondary N) is 2. The van der Waals surface area contributed by atoms with Crippen molar-refractivity contribution in [2.24, 2.45) is 0 Å². The number of hydrogen-bond acceptors (Lipinski definition) is 4. The Morgan fingerprint density at radius 2 is 1.89 bits per heavy atom. The zero-order chi connectivity index (χ0) is 13.2. The van der Waals surface area contributed by atoms with Crippen LogP contribution in [0, 0.1) is 0 Å². The lowest BCUT2D eigenvalue weighted by Crippen LogP contribution is -2.39. The van der Waals surface area contributed by atoms with Gasteiger partial charge in [0.2, 0.25) is 11.8 Å². The van der Waals surface area contributed by atoms with Crippen molar-refractivity contribution in [2.45, 2.75) is 12.8 Å². The predicted octanol–water partition coefficient (Wildman–Crippen LogP) is 1.15. The van der Waals surface area contributed by atoms with E-state index in [0.717, 1.165) is 16.9 Å². The molecule has 1 aromatic carbocycles. The molecule has 0 aromatic heterocycles. The Labute approximate surface area is 111 Å². The summed E-state index contributed by atoms with van der Waals surface area (Å²) in [6.07, 6.45) is 2.71. The molecule has 0 spiro atoms. The quantitative estimate of drug-likeness (QED) is 0.797. The Hall–Kier alpha value is -2.30. The average molecular weight is 257 g/mol. The third kappa shape index (κ3) is 2.31. The predicted molar refractivity (Wildman–Crippen MR) is 72.0 cm³/mol. The highest BCUT2D eigenvalue weighted by Crippen LogP contribution is 2.22. The summed E-state index contributed by atoms with van der Waals surface area (Å²) < 4.78 is 0. The van der Waals surface area contributed by atoms with Crippen LogP contribution < -0.4 is 10.6 Å². The van der Waals surface area contributed by atoms with Crippen molar-refractivity contribution < 1.29 is 9.59 Å². The van der Waals surface area contributed by atoms with Crippen LogP contribution in [0.4, 0.5) is 5.69 Å². The standard InChI is InChI=1S/C14H15N3O2/c18-13-5-6-14(19)17(13)9-16-11-7-10-3-1-2-4-12(10)15-8-11/h1-4,7,15-16H,5-6,8-9H2. The van der Waals surface area contributed by atoms with Gasteiger partial charge < -0.3 is 10.6 Å². The Morgan fingerprint density at radius 1 is 1.16 bits per heavy atom. The smallest absolute Gasteiger partial charge is 0.231 e. The number of imide groups is 1. The largest absolute Gasteiger partial charge is 0.379 e. The van der Waals surface area contributed by atoms with Gasteiger partial charge in [0.25, 0.3) is 0 Å². The normalized spacial score (nSPS) is 17.9. The van der Waals surface area contributed by atoms with Crippen LogP contribution in [0.5, 0.6) is 0 Å². The summed E-state index contributed by atoms with van der Waals surface area (Å²) >= 11 is 0. The Kier molecular flexibility index (Phi) is 2.95. The van der Waals surface area contributed by atoms with E-state index in [1.807, 2.05) is 30.3 Å². The van der Waals surface area contributed by atoms with Crippen LogP contribution in [0.1, 0.15) is 18.4 Å². The van der Waals surface area contributed by atoms with Gasteiger partial charge in [-0.1, -0.05) is 18.2 Å². The number of fused-ring (bicyclic) bond motifs is 1. The Bertz CT molecular complexity index is 550. The van der Waals surface area contributed by atoms with Crippen LogP contribution in [-0.2, 0) is 9.59 Å². The lowest BCUT2D eigenvalue weighted by molar-refractivity contribution is -0.138. The summed E-state index contributed by atoms with van der Waals surface area (Å²) in [5, 5.41) is 6.44. The number of anilines is 1. The van der Waals surface area contributed by atoms with Crippen molar-refractivity contribution in [1.29, 1.82) is 0 Å². The highest BCUT2D eigenvalue weighted by Gasteiger charge is 2.28. The third-order valence-corrected chi connectivity index (χ3v) is 3.38. The van der Waals surface area contributed by atoms with Crippen LogP contribution in [0.25, 0.3) is 6.08 Å². The first-order valence-corrected chi connectivity index (χ1v) is 6.34. The summed E-state index contributed by atoms with van der Waals surface area (Å²) in [4.78, 5) is 24.3. The number of nitrogens with zero attached hydrogens (tertiary/aromatic N) is 1. The fraction of sp³-hybridized carbons (Fsp3) is 0.286. The highest BCUT2D eigenvalue weighted by molar-refractivity contribution is 6.01. The van der Waals surface area contributed by atoms with E-state index in [4.69, 9.17) is 0 Å². The summed E-state index contributed by atoms with van der Waals surface area (Å²) in [5.41, 5.74) is 3.18. The van der Waals surface area contributed by atoms with E-state index in [2.05, 4.69) is 10.6 Å². The third-order valence-electron chi connectivity index (χ3n) is 3.38. The van der Waals surface area contributed by atoms with Gasteiger partial charge in [-0.3, -0.25) is 14.5 Å². The van der Waals surface area contributed by atoms with Crippen LogP contribution in [-0.4, -0.2) is 29.9 Å². The lowest BCUT2D eigenvalue weighted by Gasteiger charge is -2.22. The zero-order valence-electron chi connectivity index (χ0n) is 10.5. The fourth-order valence-electron chi connectivity index (χ4n) is 2.31. The second-order valence-electron chi connectivity index (χ2n) is 4.66. The number of carbonyl (C=O) groups is 2. The number of amides is 2. The number of benzene rings is 1. The molecule has 1 aromatic rings. The van der Waals surface area contributed by atoms with E-state index < -0.39 is 0 Å².